The second-order valence-electron chi connectivity index (χ2n) is 24.8. The lowest BCUT2D eigenvalue weighted by Crippen LogP contribution is -2.25. The minimum Gasteiger partial charge on any atom is -0.383 e. The minimum atomic E-state index is -0.408. The SMILES string of the molecule is CCn1c(=O)nc(N)c2ccccc21.CONc1nc(=O)[nH]c2ccccc12.Cc1ccc2[nH]c(=O)nc(N)c2c1.Cc1ccc2c(N)nc(=O)[nH]c2c1.Cc1cccc2[nH]c(=O)nc(N)c12.Cc1cccc2c(N)nc(=O)[nH]c12.Cn1c(=O)nc(N)c2ccccc21.Nc1nc(=O)n(Cc2ccccc2)c2ccccc12. The molecule has 0 aliphatic carbocycles. The molecule has 9 aromatic carbocycles. The van der Waals surface area contributed by atoms with E-state index in [1.807, 2.05) is 229 Å². The summed E-state index contributed by atoms with van der Waals surface area (Å²) in [6, 6.07) is 62.2. The van der Waals surface area contributed by atoms with E-state index in [1.54, 1.807) is 22.2 Å². The highest BCUT2D eigenvalue weighted by atomic mass is 16.6. The van der Waals surface area contributed by atoms with Gasteiger partial charge in [-0.05, 0) is 142 Å². The highest BCUT2D eigenvalue weighted by molar-refractivity contribution is 5.94. The number of aromatic nitrogens is 16. The van der Waals surface area contributed by atoms with Crippen molar-refractivity contribution in [2.24, 2.45) is 7.05 Å². The van der Waals surface area contributed by atoms with Crippen molar-refractivity contribution in [1.82, 2.24) is 78.5 Å². The van der Waals surface area contributed by atoms with Crippen molar-refractivity contribution in [1.29, 1.82) is 0 Å². The summed E-state index contributed by atoms with van der Waals surface area (Å²) in [5.41, 5.74) is 50.4. The maximum absolute atomic E-state index is 12.0. The molecule has 0 radical (unpaired) electrons. The number of aryl methyl sites for hydroxylation is 6. The van der Waals surface area contributed by atoms with E-state index < -0.39 is 28.4 Å². The molecule has 33 heteroatoms. The van der Waals surface area contributed by atoms with Crippen molar-refractivity contribution in [3.63, 3.8) is 0 Å². The van der Waals surface area contributed by atoms with Crippen LogP contribution in [-0.2, 0) is 25.0 Å². The molecule has 0 amide bonds. The van der Waals surface area contributed by atoms with Crippen LogP contribution in [0.2, 0.25) is 0 Å². The Morgan fingerprint density at radius 3 is 1.39 bits per heavy atom. The molecule has 33 nitrogen and oxygen atoms in total. The van der Waals surface area contributed by atoms with Crippen LogP contribution < -0.4 is 91.1 Å². The molecule has 20 N–H and O–H groups in total. The zero-order valence-corrected chi connectivity index (χ0v) is 61.6. The third kappa shape index (κ3) is 19.2. The van der Waals surface area contributed by atoms with Crippen molar-refractivity contribution in [2.75, 3.05) is 52.7 Å². The summed E-state index contributed by atoms with van der Waals surface area (Å²) in [7, 11) is 3.15. The smallest absolute Gasteiger partial charge is 0.350 e. The summed E-state index contributed by atoms with van der Waals surface area (Å²) in [6.07, 6.45) is 0. The molecule has 0 fully saturated rings. The fourth-order valence-electron chi connectivity index (χ4n) is 11.7. The van der Waals surface area contributed by atoms with Gasteiger partial charge in [-0.1, -0.05) is 121 Å². The first-order valence-corrected chi connectivity index (χ1v) is 34.3. The van der Waals surface area contributed by atoms with Gasteiger partial charge in [0.25, 0.3) is 0 Å². The molecule has 0 aliphatic heterocycles. The number of hydrogen-bond donors (Lipinski definition) is 13. The first-order valence-electron chi connectivity index (χ1n) is 34.3. The average Bonchev–Trinajstić information content (AvgIpc) is 0.813. The number of nitrogens with two attached hydrogens (primary N) is 7. The van der Waals surface area contributed by atoms with E-state index in [9.17, 15) is 38.4 Å². The molecule has 8 heterocycles. The number of anilines is 8. The van der Waals surface area contributed by atoms with Gasteiger partial charge in [0, 0.05) is 56.7 Å². The van der Waals surface area contributed by atoms with Gasteiger partial charge in [0.05, 0.1) is 57.8 Å². The van der Waals surface area contributed by atoms with Crippen LogP contribution in [0.3, 0.4) is 0 Å². The van der Waals surface area contributed by atoms with Crippen LogP contribution in [0.25, 0.3) is 87.2 Å². The zero-order valence-electron chi connectivity index (χ0n) is 61.6. The van der Waals surface area contributed by atoms with Gasteiger partial charge in [0.2, 0.25) is 0 Å². The van der Waals surface area contributed by atoms with Gasteiger partial charge in [-0.25, -0.2) is 43.8 Å². The van der Waals surface area contributed by atoms with Crippen LogP contribution >= 0.6 is 0 Å². The van der Waals surface area contributed by atoms with Gasteiger partial charge >= 0.3 is 45.5 Å². The summed E-state index contributed by atoms with van der Waals surface area (Å²) in [4.78, 5) is 137. The quantitative estimate of drug-likeness (QED) is 0.0734. The maximum Gasteiger partial charge on any atom is 0.350 e. The molecular formula is C79H78N24O9. The number of nitrogens with one attached hydrogen (secondary N) is 6. The van der Waals surface area contributed by atoms with Crippen LogP contribution in [0, 0.1) is 27.7 Å². The molecule has 568 valence electrons. The van der Waals surface area contributed by atoms with Crippen LogP contribution in [0.15, 0.2) is 239 Å². The van der Waals surface area contributed by atoms with Crippen LogP contribution in [0.4, 0.5) is 46.5 Å². The highest BCUT2D eigenvalue weighted by Gasteiger charge is 2.12. The lowest BCUT2D eigenvalue weighted by Gasteiger charge is -2.10. The average molecular weight is 1510 g/mol. The third-order valence-corrected chi connectivity index (χ3v) is 17.0. The fourth-order valence-corrected chi connectivity index (χ4v) is 11.7. The number of H-pyrrole nitrogens is 5. The Balaban J connectivity index is 0.000000136. The van der Waals surface area contributed by atoms with E-state index in [1.165, 1.54) is 11.7 Å². The van der Waals surface area contributed by atoms with Gasteiger partial charge in [0.15, 0.2) is 5.82 Å². The van der Waals surface area contributed by atoms with Crippen molar-refractivity contribution in [2.45, 2.75) is 47.7 Å². The third-order valence-electron chi connectivity index (χ3n) is 17.0. The number of rotatable bonds is 5. The number of para-hydroxylation sites is 5. The summed E-state index contributed by atoms with van der Waals surface area (Å²) in [6.45, 7) is 10.8. The van der Waals surface area contributed by atoms with Gasteiger partial charge in [-0.15, -0.1) is 0 Å². The topological polar surface area (TPSA) is 537 Å². The van der Waals surface area contributed by atoms with Gasteiger partial charge in [-0.3, -0.25) is 18.5 Å². The Morgan fingerprint density at radius 1 is 0.357 bits per heavy atom. The van der Waals surface area contributed by atoms with E-state index in [0.29, 0.717) is 30.5 Å². The molecule has 17 rings (SSSR count). The maximum atomic E-state index is 12.0. The van der Waals surface area contributed by atoms with Crippen molar-refractivity contribution < 1.29 is 4.84 Å². The number of nitrogens with zero attached hydrogens (tertiary/aromatic N) is 11. The molecule has 0 aliphatic rings. The Morgan fingerprint density at radius 2 is 0.777 bits per heavy atom. The van der Waals surface area contributed by atoms with E-state index in [4.69, 9.17) is 45.0 Å². The predicted octanol–water partition coefficient (Wildman–Crippen LogP) is 7.69. The first kappa shape index (κ1) is 79.0. The molecule has 0 atom stereocenters. The first-order chi connectivity index (χ1) is 53.7. The van der Waals surface area contributed by atoms with Gasteiger partial charge < -0.3 is 65.1 Å². The Bertz CT molecular complexity index is 6790. The lowest BCUT2D eigenvalue weighted by atomic mass is 10.1. The second-order valence-corrected chi connectivity index (χ2v) is 24.8. The molecule has 0 saturated heterocycles. The standard InChI is InChI=1S/C15H13N3O.C10H11N3O.C9H9N3O2.5C9H9N3O/c16-14-12-8-4-5-9-13(12)18(15(19)17-14)10-11-6-2-1-3-7-11;1-2-13-8-6-4-3-5-7(8)9(11)12-10(13)14;1-14-12-8-6-4-2-3-5-7(6)10-9(13)11-8;1-5-2-3-7-6(4-5)8(10)12-9(13)11-7;1-5-2-3-6-7(4-5)11-9(13)12-8(6)10;1-12-7-5-3-2-4-6(7)8(10)11-9(12)13;1-5-3-2-4-6-7(5)8(10)12-9(13)11-6;1-5-3-2-4-6-7(5)11-9(13)12-8(6)10/h1-9H,10H2,(H2,16,17,19);3-6H,2H2,1H3,(H2,11,12,14);2-5H,1H3,(H2,10,11,12,13);2*2-4H,1H3,(H3,10,11,12,13);2-5H,1H3,(H2,10,11,13);2*2-4H,1H3,(H3,10,11,12,13). The molecular weight excluding hydrogens is 1430 g/mol. The Labute approximate surface area is 633 Å². The number of aromatic amines is 5. The summed E-state index contributed by atoms with van der Waals surface area (Å²) in [5, 5.41) is 6.44. The molecule has 0 spiro atoms. The number of benzene rings is 9. The largest absolute Gasteiger partial charge is 0.383 e. The zero-order chi connectivity index (χ0) is 80.4. The number of nitrogen functional groups attached to an aromatic ring is 7. The molecule has 0 saturated carbocycles. The van der Waals surface area contributed by atoms with Crippen LogP contribution in [0.1, 0.15) is 34.7 Å². The van der Waals surface area contributed by atoms with E-state index in [2.05, 4.69) is 70.3 Å². The van der Waals surface area contributed by atoms with Crippen molar-refractivity contribution in [3.05, 3.63) is 312 Å². The van der Waals surface area contributed by atoms with Crippen LogP contribution in [-0.4, -0.2) is 85.6 Å². The predicted molar refractivity (Wildman–Crippen MR) is 442 cm³/mol. The van der Waals surface area contributed by atoms with E-state index in [-0.39, 0.29) is 46.2 Å². The Kier molecular flexibility index (Phi) is 25.2. The van der Waals surface area contributed by atoms with Crippen molar-refractivity contribution in [3.8, 4) is 0 Å². The molecule has 17 aromatic rings. The fraction of sp³-hybridized carbons (Fsp3) is 0.114. The normalized spacial score (nSPS) is 10.6. The highest BCUT2D eigenvalue weighted by Crippen LogP contribution is 2.24. The molecule has 8 aromatic heterocycles. The van der Waals surface area contributed by atoms with E-state index in [0.717, 1.165) is 115 Å². The molecule has 112 heavy (non-hydrogen) atoms. The molecule has 0 unspecified atom stereocenters. The summed E-state index contributed by atoms with van der Waals surface area (Å²) < 4.78 is 4.72. The van der Waals surface area contributed by atoms with E-state index >= 15 is 0 Å². The lowest BCUT2D eigenvalue weighted by molar-refractivity contribution is 0.269. The van der Waals surface area contributed by atoms with Crippen molar-refractivity contribution >= 4 is 134 Å². The summed E-state index contributed by atoms with van der Waals surface area (Å²) >= 11 is 0. The second kappa shape index (κ2) is 35.7. The Hall–Kier alpha value is -15.5. The van der Waals surface area contributed by atoms with Crippen LogP contribution in [0.5, 0.6) is 0 Å². The van der Waals surface area contributed by atoms with Gasteiger partial charge in [-0.2, -0.15) is 39.9 Å². The molecule has 0 bridgehead atoms. The number of fused-ring (bicyclic) bond motifs is 8. The monoisotopic (exact) mass is 1510 g/mol. The number of hydrogen-bond acceptors (Lipinski definition) is 25. The van der Waals surface area contributed by atoms with Gasteiger partial charge in [0.1, 0.15) is 40.7 Å². The minimum absolute atomic E-state index is 0.277. The summed E-state index contributed by atoms with van der Waals surface area (Å²) in [5.74, 6) is 2.42.